The van der Waals surface area contributed by atoms with Crippen LogP contribution in [0.15, 0.2) is 12.2 Å². The SMILES string of the molecule is C[C@@]1(C(=O)O)CC/C=C/[C@H](OC(=O)ON2C(=O)CCC2=O)CC1. The lowest BCUT2D eigenvalue weighted by Crippen LogP contribution is -2.34. The van der Waals surface area contributed by atoms with Gasteiger partial charge in [0.05, 0.1) is 5.41 Å². The van der Waals surface area contributed by atoms with Crippen molar-refractivity contribution in [3.8, 4) is 0 Å². The van der Waals surface area contributed by atoms with Crippen molar-refractivity contribution >= 4 is 23.9 Å². The molecule has 0 aromatic heterocycles. The van der Waals surface area contributed by atoms with E-state index in [9.17, 15) is 24.3 Å². The van der Waals surface area contributed by atoms with Gasteiger partial charge in [0.1, 0.15) is 6.10 Å². The van der Waals surface area contributed by atoms with E-state index in [1.807, 2.05) is 0 Å². The number of allylic oxidation sites excluding steroid dienone is 1. The van der Waals surface area contributed by atoms with Gasteiger partial charge in [0, 0.05) is 12.8 Å². The molecule has 0 aromatic rings. The van der Waals surface area contributed by atoms with Crippen LogP contribution >= 0.6 is 0 Å². The molecule has 0 saturated carbocycles. The van der Waals surface area contributed by atoms with E-state index < -0.39 is 35.5 Å². The second kappa shape index (κ2) is 6.80. The first-order valence-corrected chi connectivity index (χ1v) is 7.46. The summed E-state index contributed by atoms with van der Waals surface area (Å²) in [5.41, 5.74) is -0.878. The molecular weight excluding hydrogens is 306 g/mol. The van der Waals surface area contributed by atoms with Crippen LogP contribution in [0.1, 0.15) is 45.4 Å². The lowest BCUT2D eigenvalue weighted by Gasteiger charge is -2.27. The van der Waals surface area contributed by atoms with Gasteiger partial charge in [-0.1, -0.05) is 11.1 Å². The van der Waals surface area contributed by atoms with Gasteiger partial charge in [0.2, 0.25) is 0 Å². The van der Waals surface area contributed by atoms with Crippen molar-refractivity contribution in [2.45, 2.75) is 51.6 Å². The zero-order valence-electron chi connectivity index (χ0n) is 12.8. The third kappa shape index (κ3) is 4.08. The fourth-order valence-electron chi connectivity index (χ4n) is 2.52. The second-order valence-corrected chi connectivity index (χ2v) is 5.95. The van der Waals surface area contributed by atoms with E-state index in [2.05, 4.69) is 4.84 Å². The summed E-state index contributed by atoms with van der Waals surface area (Å²) in [4.78, 5) is 50.4. The van der Waals surface area contributed by atoms with Crippen LogP contribution in [-0.2, 0) is 24.0 Å². The summed E-state index contributed by atoms with van der Waals surface area (Å²) in [6, 6.07) is 0. The van der Waals surface area contributed by atoms with Crippen molar-refractivity contribution in [1.82, 2.24) is 5.06 Å². The van der Waals surface area contributed by atoms with Crippen molar-refractivity contribution < 1.29 is 33.9 Å². The van der Waals surface area contributed by atoms with Gasteiger partial charge in [0.25, 0.3) is 11.8 Å². The van der Waals surface area contributed by atoms with E-state index in [1.165, 1.54) is 0 Å². The summed E-state index contributed by atoms with van der Waals surface area (Å²) in [6.07, 6.45) is 3.34. The number of rotatable bonds is 3. The molecule has 1 aliphatic carbocycles. The first-order valence-electron chi connectivity index (χ1n) is 7.46. The van der Waals surface area contributed by atoms with Gasteiger partial charge in [-0.3, -0.25) is 19.2 Å². The number of carboxylic acid groups (broad SMARTS) is 1. The minimum absolute atomic E-state index is 0.00636. The molecular formula is C15H19NO7. The minimum Gasteiger partial charge on any atom is -0.481 e. The number of imide groups is 1. The summed E-state index contributed by atoms with van der Waals surface area (Å²) in [5.74, 6) is -2.06. The van der Waals surface area contributed by atoms with E-state index >= 15 is 0 Å². The Labute approximate surface area is 133 Å². The molecule has 1 aliphatic heterocycles. The van der Waals surface area contributed by atoms with Crippen LogP contribution in [0.25, 0.3) is 0 Å². The Balaban J connectivity index is 1.92. The fraction of sp³-hybridized carbons (Fsp3) is 0.600. The van der Waals surface area contributed by atoms with Gasteiger partial charge in [-0.25, -0.2) is 4.79 Å². The average molecular weight is 325 g/mol. The molecule has 2 amide bonds. The maximum absolute atomic E-state index is 11.7. The Hall–Kier alpha value is -2.38. The van der Waals surface area contributed by atoms with Crippen LogP contribution in [0.2, 0.25) is 0 Å². The van der Waals surface area contributed by atoms with Gasteiger partial charge in [-0.2, -0.15) is 0 Å². The van der Waals surface area contributed by atoms with Crippen molar-refractivity contribution in [1.29, 1.82) is 0 Å². The third-order valence-corrected chi connectivity index (χ3v) is 4.13. The maximum atomic E-state index is 11.7. The topological polar surface area (TPSA) is 110 Å². The number of hydrogen-bond donors (Lipinski definition) is 1. The van der Waals surface area contributed by atoms with Crippen LogP contribution in [-0.4, -0.2) is 40.2 Å². The van der Waals surface area contributed by atoms with Crippen LogP contribution < -0.4 is 0 Å². The number of nitrogens with zero attached hydrogens (tertiary/aromatic N) is 1. The molecule has 1 heterocycles. The first kappa shape index (κ1) is 17.0. The lowest BCUT2D eigenvalue weighted by molar-refractivity contribution is -0.178. The number of carbonyl (C=O) groups excluding carboxylic acids is 3. The lowest BCUT2D eigenvalue weighted by atomic mass is 9.79. The van der Waals surface area contributed by atoms with Gasteiger partial charge < -0.3 is 9.84 Å². The molecule has 0 radical (unpaired) electrons. The molecule has 0 bridgehead atoms. The predicted molar refractivity (Wildman–Crippen MR) is 75.8 cm³/mol. The van der Waals surface area contributed by atoms with Gasteiger partial charge >= 0.3 is 12.1 Å². The normalized spacial score (nSPS) is 29.6. The zero-order valence-corrected chi connectivity index (χ0v) is 12.8. The number of ether oxygens (including phenoxy) is 1. The number of amides is 2. The first-order chi connectivity index (χ1) is 10.8. The standard InChI is InChI=1S/C15H19NO7/c1-15(13(19)20)8-3-2-4-10(7-9-15)22-14(21)23-16-11(17)5-6-12(16)18/h2,4,10H,3,5-9H2,1H3,(H,19,20)/b4-2+/t10-,15+/m0/s1. The molecule has 0 unspecified atom stereocenters. The zero-order chi connectivity index (χ0) is 17.0. The van der Waals surface area contributed by atoms with Crippen molar-refractivity contribution in [3.63, 3.8) is 0 Å². The summed E-state index contributed by atoms with van der Waals surface area (Å²) < 4.78 is 5.07. The van der Waals surface area contributed by atoms with E-state index in [0.717, 1.165) is 0 Å². The van der Waals surface area contributed by atoms with E-state index in [-0.39, 0.29) is 12.8 Å². The Morgan fingerprint density at radius 1 is 1.26 bits per heavy atom. The number of aliphatic carboxylic acids is 1. The number of carbonyl (C=O) groups is 4. The van der Waals surface area contributed by atoms with E-state index in [0.29, 0.717) is 30.7 Å². The Morgan fingerprint density at radius 2 is 1.91 bits per heavy atom. The molecule has 2 aliphatic rings. The minimum atomic E-state index is -1.15. The van der Waals surface area contributed by atoms with E-state index in [1.54, 1.807) is 19.1 Å². The summed E-state index contributed by atoms with van der Waals surface area (Å²) in [7, 11) is 0. The second-order valence-electron chi connectivity index (χ2n) is 5.95. The quantitative estimate of drug-likeness (QED) is 0.478. The molecule has 0 aromatic carbocycles. The van der Waals surface area contributed by atoms with Crippen LogP contribution in [0, 0.1) is 5.41 Å². The average Bonchev–Trinajstić information content (AvgIpc) is 2.78. The largest absolute Gasteiger partial charge is 0.534 e. The summed E-state index contributed by atoms with van der Waals surface area (Å²) >= 11 is 0. The Bertz CT molecular complexity index is 540. The van der Waals surface area contributed by atoms with Crippen LogP contribution in [0.5, 0.6) is 0 Å². The van der Waals surface area contributed by atoms with Crippen LogP contribution in [0.3, 0.4) is 0 Å². The predicted octanol–water partition coefficient (Wildman–Crippen LogP) is 1.79. The highest BCUT2D eigenvalue weighted by molar-refractivity contribution is 6.01. The van der Waals surface area contributed by atoms with Crippen LogP contribution in [0.4, 0.5) is 4.79 Å². The Kier molecular flexibility index (Phi) is 5.02. The molecule has 1 fully saturated rings. The number of hydrogen-bond acceptors (Lipinski definition) is 6. The highest BCUT2D eigenvalue weighted by Gasteiger charge is 2.36. The highest BCUT2D eigenvalue weighted by Crippen LogP contribution is 2.32. The van der Waals surface area contributed by atoms with Gasteiger partial charge in [-0.05, 0) is 38.7 Å². The highest BCUT2D eigenvalue weighted by atomic mass is 16.8. The van der Waals surface area contributed by atoms with Crippen molar-refractivity contribution in [3.05, 3.63) is 12.2 Å². The molecule has 8 heteroatoms. The van der Waals surface area contributed by atoms with Crippen molar-refractivity contribution in [2.75, 3.05) is 0 Å². The van der Waals surface area contributed by atoms with E-state index in [4.69, 9.17) is 4.74 Å². The number of carboxylic acids is 1. The Morgan fingerprint density at radius 3 is 2.52 bits per heavy atom. The summed E-state index contributed by atoms with van der Waals surface area (Å²) in [6.45, 7) is 1.66. The third-order valence-electron chi connectivity index (χ3n) is 4.13. The molecule has 23 heavy (non-hydrogen) atoms. The fourth-order valence-corrected chi connectivity index (χ4v) is 2.52. The molecule has 126 valence electrons. The van der Waals surface area contributed by atoms with Gasteiger partial charge in [0.15, 0.2) is 0 Å². The molecule has 2 rings (SSSR count). The summed E-state index contributed by atoms with van der Waals surface area (Å²) in [5, 5.41) is 9.71. The molecule has 0 spiro atoms. The maximum Gasteiger partial charge on any atom is 0.534 e. The van der Waals surface area contributed by atoms with Crippen molar-refractivity contribution in [2.24, 2.45) is 5.41 Å². The molecule has 1 saturated heterocycles. The van der Waals surface area contributed by atoms with Gasteiger partial charge in [-0.15, -0.1) is 0 Å². The number of hydroxylamine groups is 2. The molecule has 1 N–H and O–H groups in total. The molecule has 2 atom stereocenters. The molecule has 8 nitrogen and oxygen atoms in total. The monoisotopic (exact) mass is 325 g/mol. The smallest absolute Gasteiger partial charge is 0.481 e.